The van der Waals surface area contributed by atoms with E-state index < -0.39 is 0 Å². The average molecular weight is 326 g/mol. The van der Waals surface area contributed by atoms with Crippen molar-refractivity contribution in [2.75, 3.05) is 7.11 Å². The third kappa shape index (κ3) is 3.29. The number of methoxy groups -OCH3 is 1. The number of nitrogens with zero attached hydrogens (tertiary/aromatic N) is 3. The molecule has 0 spiro atoms. The van der Waals surface area contributed by atoms with Crippen LogP contribution in [0.3, 0.4) is 0 Å². The zero-order valence-corrected chi connectivity index (χ0v) is 13.1. The molecule has 0 radical (unpaired) electrons. The molecule has 0 bridgehead atoms. The van der Waals surface area contributed by atoms with Crippen molar-refractivity contribution in [2.45, 2.75) is 0 Å². The highest BCUT2D eigenvalue weighted by Gasteiger charge is 2.08. The van der Waals surface area contributed by atoms with Crippen LogP contribution in [0.4, 0.5) is 0 Å². The summed E-state index contributed by atoms with van der Waals surface area (Å²) in [6, 6.07) is 14.2. The normalized spacial score (nSPS) is 11.0. The summed E-state index contributed by atoms with van der Waals surface area (Å²) in [5.41, 5.74) is 1.70. The topological polar surface area (TPSA) is 75.4 Å². The minimum atomic E-state index is 0.209. The Morgan fingerprint density at radius 1 is 1.17 bits per heavy atom. The van der Waals surface area contributed by atoms with Gasteiger partial charge in [0.2, 0.25) is 4.77 Å². The zero-order valence-electron chi connectivity index (χ0n) is 12.3. The first-order valence-corrected chi connectivity index (χ1v) is 7.23. The Bertz CT molecular complexity index is 880. The van der Waals surface area contributed by atoms with Gasteiger partial charge in [0.05, 0.1) is 13.3 Å². The summed E-state index contributed by atoms with van der Waals surface area (Å²) in [6.07, 6.45) is 1.65. The van der Waals surface area contributed by atoms with Gasteiger partial charge in [0.1, 0.15) is 11.5 Å². The molecule has 2 N–H and O–H groups in total. The molecule has 3 aromatic rings. The molecule has 1 heterocycles. The highest BCUT2D eigenvalue weighted by molar-refractivity contribution is 7.71. The number of hydrogen-bond acceptors (Lipinski definition) is 5. The first-order valence-electron chi connectivity index (χ1n) is 6.82. The first-order chi connectivity index (χ1) is 11.2. The van der Waals surface area contributed by atoms with Gasteiger partial charge in [-0.2, -0.15) is 14.9 Å². The first kappa shape index (κ1) is 15.0. The Balaban J connectivity index is 1.95. The third-order valence-corrected chi connectivity index (χ3v) is 3.48. The van der Waals surface area contributed by atoms with Crippen LogP contribution in [0.25, 0.3) is 11.4 Å². The van der Waals surface area contributed by atoms with Crippen molar-refractivity contribution in [3.05, 3.63) is 58.9 Å². The van der Waals surface area contributed by atoms with E-state index in [2.05, 4.69) is 15.3 Å². The van der Waals surface area contributed by atoms with E-state index >= 15 is 0 Å². The van der Waals surface area contributed by atoms with E-state index in [-0.39, 0.29) is 5.75 Å². The Kier molecular flexibility index (Phi) is 4.20. The van der Waals surface area contributed by atoms with Crippen LogP contribution in [-0.4, -0.2) is 33.3 Å². The lowest BCUT2D eigenvalue weighted by atomic mass is 10.2. The van der Waals surface area contributed by atoms with E-state index in [4.69, 9.17) is 17.0 Å². The van der Waals surface area contributed by atoms with Crippen molar-refractivity contribution in [3.63, 3.8) is 0 Å². The van der Waals surface area contributed by atoms with Crippen LogP contribution in [0.15, 0.2) is 53.6 Å². The predicted octanol–water partition coefficient (Wildman–Crippen LogP) is 3.20. The van der Waals surface area contributed by atoms with Gasteiger partial charge in [0, 0.05) is 5.56 Å². The van der Waals surface area contributed by atoms with Gasteiger partial charge in [-0.3, -0.25) is 0 Å². The van der Waals surface area contributed by atoms with E-state index in [1.807, 2.05) is 24.3 Å². The number of hydrogen-bond donors (Lipinski definition) is 2. The average Bonchev–Trinajstić information content (AvgIpc) is 2.95. The van der Waals surface area contributed by atoms with Crippen molar-refractivity contribution in [2.24, 2.45) is 5.10 Å². The molecule has 0 atom stereocenters. The van der Waals surface area contributed by atoms with Gasteiger partial charge in [-0.15, -0.1) is 0 Å². The van der Waals surface area contributed by atoms with Crippen LogP contribution in [0.2, 0.25) is 0 Å². The molecule has 23 heavy (non-hydrogen) atoms. The summed E-state index contributed by atoms with van der Waals surface area (Å²) in [4.78, 5) is 0. The zero-order chi connectivity index (χ0) is 16.2. The van der Waals surface area contributed by atoms with E-state index in [0.717, 1.165) is 16.9 Å². The van der Waals surface area contributed by atoms with E-state index in [1.54, 1.807) is 42.3 Å². The highest BCUT2D eigenvalue weighted by Crippen LogP contribution is 2.20. The third-order valence-electron chi connectivity index (χ3n) is 3.21. The van der Waals surface area contributed by atoms with Crippen LogP contribution < -0.4 is 4.74 Å². The predicted molar refractivity (Wildman–Crippen MR) is 90.5 cm³/mol. The smallest absolute Gasteiger partial charge is 0.216 e. The molecular weight excluding hydrogens is 312 g/mol. The van der Waals surface area contributed by atoms with Gasteiger partial charge in [0.25, 0.3) is 0 Å². The number of rotatable bonds is 4. The summed E-state index contributed by atoms with van der Waals surface area (Å²) >= 11 is 5.22. The molecule has 3 rings (SSSR count). The van der Waals surface area contributed by atoms with Crippen molar-refractivity contribution in [1.82, 2.24) is 14.9 Å². The van der Waals surface area contributed by atoms with Gasteiger partial charge in [-0.05, 0) is 66.3 Å². The van der Waals surface area contributed by atoms with Gasteiger partial charge in [-0.1, -0.05) is 0 Å². The lowest BCUT2D eigenvalue weighted by molar-refractivity contribution is 0.415. The number of aromatic nitrogens is 3. The van der Waals surface area contributed by atoms with Gasteiger partial charge >= 0.3 is 0 Å². The fourth-order valence-corrected chi connectivity index (χ4v) is 2.19. The maximum atomic E-state index is 9.30. The largest absolute Gasteiger partial charge is 0.508 e. The van der Waals surface area contributed by atoms with E-state index in [9.17, 15) is 5.11 Å². The Hall–Kier alpha value is -2.93. The second kappa shape index (κ2) is 6.45. The minimum absolute atomic E-state index is 0.209. The number of nitrogens with one attached hydrogen (secondary N) is 1. The number of aromatic amines is 1. The SMILES string of the molecule is COc1ccc(-c2n[nH]c(=S)n2/N=C\c2ccc(O)cc2)cc1. The number of phenolic OH excluding ortho intramolecular Hbond substituents is 1. The Morgan fingerprint density at radius 3 is 2.52 bits per heavy atom. The molecule has 1 aromatic heterocycles. The fraction of sp³-hybridized carbons (Fsp3) is 0.0625. The highest BCUT2D eigenvalue weighted by atomic mass is 32.1. The van der Waals surface area contributed by atoms with Crippen LogP contribution in [0.5, 0.6) is 11.5 Å². The standard InChI is InChI=1S/C16H14N4O2S/c1-22-14-8-4-12(5-9-14)15-18-19-16(23)20(15)17-10-11-2-6-13(21)7-3-11/h2-10,21H,1H3,(H,19,23)/b17-10-. The monoisotopic (exact) mass is 326 g/mol. The van der Waals surface area contributed by atoms with E-state index in [0.29, 0.717) is 10.6 Å². The molecule has 116 valence electrons. The lowest BCUT2D eigenvalue weighted by Crippen LogP contribution is -1.95. The maximum Gasteiger partial charge on any atom is 0.216 e. The second-order valence-electron chi connectivity index (χ2n) is 4.73. The maximum absolute atomic E-state index is 9.30. The Morgan fingerprint density at radius 2 is 1.87 bits per heavy atom. The molecule has 0 fully saturated rings. The summed E-state index contributed by atoms with van der Waals surface area (Å²) in [7, 11) is 1.62. The molecule has 0 amide bonds. The van der Waals surface area contributed by atoms with Crippen molar-refractivity contribution < 1.29 is 9.84 Å². The molecule has 0 aliphatic rings. The van der Waals surface area contributed by atoms with Crippen LogP contribution in [0, 0.1) is 4.77 Å². The summed E-state index contributed by atoms with van der Waals surface area (Å²) in [6.45, 7) is 0. The number of ether oxygens (including phenoxy) is 1. The van der Waals surface area contributed by atoms with Crippen LogP contribution in [0.1, 0.15) is 5.56 Å². The van der Waals surface area contributed by atoms with Crippen LogP contribution in [-0.2, 0) is 0 Å². The fourth-order valence-electron chi connectivity index (χ4n) is 2.01. The molecule has 0 aliphatic carbocycles. The van der Waals surface area contributed by atoms with Crippen LogP contribution >= 0.6 is 12.2 Å². The summed E-state index contributed by atoms with van der Waals surface area (Å²) < 4.78 is 7.09. The van der Waals surface area contributed by atoms with Gasteiger partial charge in [-0.25, -0.2) is 5.10 Å². The molecule has 0 saturated heterocycles. The molecule has 7 heteroatoms. The molecule has 0 unspecified atom stereocenters. The van der Waals surface area contributed by atoms with Crippen molar-refractivity contribution in [1.29, 1.82) is 0 Å². The molecular formula is C16H14N4O2S. The summed E-state index contributed by atoms with van der Waals surface area (Å²) in [5, 5.41) is 20.6. The van der Waals surface area contributed by atoms with Gasteiger partial charge in [0.15, 0.2) is 5.82 Å². The molecule has 6 nitrogen and oxygen atoms in total. The minimum Gasteiger partial charge on any atom is -0.508 e. The second-order valence-corrected chi connectivity index (χ2v) is 5.12. The van der Waals surface area contributed by atoms with E-state index in [1.165, 1.54) is 0 Å². The van der Waals surface area contributed by atoms with Gasteiger partial charge < -0.3 is 9.84 Å². The number of benzene rings is 2. The number of aromatic hydroxyl groups is 1. The van der Waals surface area contributed by atoms with Crippen molar-refractivity contribution >= 4 is 18.4 Å². The van der Waals surface area contributed by atoms with Crippen molar-refractivity contribution in [3.8, 4) is 22.9 Å². The quantitative estimate of drug-likeness (QED) is 0.570. The molecule has 0 saturated carbocycles. The lowest BCUT2D eigenvalue weighted by Gasteiger charge is -2.03. The molecule has 0 aliphatic heterocycles. The number of phenols is 1. The Labute approximate surface area is 137 Å². The molecule has 2 aromatic carbocycles. The summed E-state index contributed by atoms with van der Waals surface area (Å²) in [5.74, 6) is 1.58. The number of H-pyrrole nitrogens is 1.